The van der Waals surface area contributed by atoms with Crippen LogP contribution in [-0.4, -0.2) is 55.5 Å². The lowest BCUT2D eigenvalue weighted by molar-refractivity contribution is 0.00248. The Labute approximate surface area is 130 Å². The Hall–Kier alpha value is -0.130. The van der Waals surface area contributed by atoms with Gasteiger partial charge in [-0.05, 0) is 38.5 Å². The summed E-state index contributed by atoms with van der Waals surface area (Å²) >= 11 is 0. The first-order valence-corrected chi connectivity index (χ1v) is 10.3. The zero-order valence-electron chi connectivity index (χ0n) is 14.1. The summed E-state index contributed by atoms with van der Waals surface area (Å²) in [6.45, 7) is 11.2. The first kappa shape index (κ1) is 17.2. The molecule has 2 fully saturated rings. The topological polar surface area (TPSA) is 49.4 Å². The van der Waals surface area contributed by atoms with Gasteiger partial charge in [-0.15, -0.1) is 0 Å². The normalized spacial score (nSPS) is 30.5. The molecule has 124 valence electrons. The number of sulfone groups is 1. The van der Waals surface area contributed by atoms with Crippen molar-refractivity contribution in [2.24, 2.45) is 5.92 Å². The predicted octanol–water partition coefficient (Wildman–Crippen LogP) is 2.05. The molecule has 4 nitrogen and oxygen atoms in total. The lowest BCUT2D eigenvalue weighted by Gasteiger charge is -2.53. The second-order valence-electron chi connectivity index (χ2n) is 7.13. The zero-order chi connectivity index (χ0) is 15.7. The molecule has 1 unspecified atom stereocenters. The Bertz CT molecular complexity index is 455. The molecule has 0 aromatic carbocycles. The summed E-state index contributed by atoms with van der Waals surface area (Å²) in [5.74, 6) is 1.29. The van der Waals surface area contributed by atoms with Crippen molar-refractivity contribution in [3.05, 3.63) is 0 Å². The molecule has 0 aromatic rings. The number of nitrogens with one attached hydrogen (secondary N) is 1. The van der Waals surface area contributed by atoms with Gasteiger partial charge < -0.3 is 5.32 Å². The van der Waals surface area contributed by atoms with Gasteiger partial charge in [0.25, 0.3) is 0 Å². The van der Waals surface area contributed by atoms with Gasteiger partial charge in [0.15, 0.2) is 9.84 Å². The van der Waals surface area contributed by atoms with E-state index >= 15 is 0 Å². The fraction of sp³-hybridized carbons (Fsp3) is 1.00. The summed E-state index contributed by atoms with van der Waals surface area (Å²) in [5.41, 5.74) is 0.293. The number of hydrogen-bond acceptors (Lipinski definition) is 4. The second kappa shape index (κ2) is 6.17. The van der Waals surface area contributed by atoms with Crippen LogP contribution in [0.5, 0.6) is 0 Å². The van der Waals surface area contributed by atoms with E-state index in [4.69, 9.17) is 0 Å². The molecule has 5 heteroatoms. The lowest BCUT2D eigenvalue weighted by atomic mass is 9.82. The summed E-state index contributed by atoms with van der Waals surface area (Å²) in [7, 11) is -2.89. The second-order valence-corrected chi connectivity index (χ2v) is 9.60. The molecule has 0 spiro atoms. The number of rotatable bonds is 7. The van der Waals surface area contributed by atoms with Gasteiger partial charge in [-0.2, -0.15) is 0 Å². The predicted molar refractivity (Wildman–Crippen MR) is 88.3 cm³/mol. The van der Waals surface area contributed by atoms with Crippen LogP contribution >= 0.6 is 0 Å². The maximum absolute atomic E-state index is 11.9. The highest BCUT2D eigenvalue weighted by Crippen LogP contribution is 2.45. The molecule has 1 atom stereocenters. The Kier molecular flexibility index (Phi) is 5.06. The molecule has 0 bridgehead atoms. The number of piperazine rings is 1. The maximum atomic E-state index is 11.9. The van der Waals surface area contributed by atoms with Crippen LogP contribution in [0, 0.1) is 5.92 Å². The van der Waals surface area contributed by atoms with Crippen LogP contribution in [-0.2, 0) is 9.84 Å². The third-order valence-corrected chi connectivity index (χ3v) is 7.64. The van der Waals surface area contributed by atoms with E-state index in [-0.39, 0.29) is 16.8 Å². The van der Waals surface area contributed by atoms with Crippen molar-refractivity contribution in [2.75, 3.05) is 31.1 Å². The van der Waals surface area contributed by atoms with E-state index in [0.29, 0.717) is 12.3 Å². The van der Waals surface area contributed by atoms with Crippen LogP contribution in [0.3, 0.4) is 0 Å². The fourth-order valence-electron chi connectivity index (χ4n) is 3.64. The van der Waals surface area contributed by atoms with Gasteiger partial charge in [0.05, 0.1) is 5.75 Å². The molecule has 1 N–H and O–H groups in total. The van der Waals surface area contributed by atoms with Crippen LogP contribution in [0.15, 0.2) is 0 Å². The van der Waals surface area contributed by atoms with Gasteiger partial charge in [-0.1, -0.05) is 20.8 Å². The summed E-state index contributed by atoms with van der Waals surface area (Å²) in [4.78, 5) is 2.49. The maximum Gasteiger partial charge on any atom is 0.151 e. The highest BCUT2D eigenvalue weighted by atomic mass is 32.2. The molecule has 0 aromatic heterocycles. The van der Waals surface area contributed by atoms with Crippen molar-refractivity contribution in [1.29, 1.82) is 0 Å². The third-order valence-electron chi connectivity index (χ3n) is 5.96. The monoisotopic (exact) mass is 316 g/mol. The Morgan fingerprint density at radius 2 is 1.81 bits per heavy atom. The average Bonchev–Trinajstić information content (AvgIpc) is 3.32. The number of hydrogen-bond donors (Lipinski definition) is 1. The highest BCUT2D eigenvalue weighted by molar-refractivity contribution is 7.91. The summed E-state index contributed by atoms with van der Waals surface area (Å²) < 4.78 is 23.8. The van der Waals surface area contributed by atoms with Crippen LogP contribution < -0.4 is 5.32 Å². The molecular weight excluding hydrogens is 284 g/mol. The van der Waals surface area contributed by atoms with Crippen LogP contribution in [0.4, 0.5) is 0 Å². The SMILES string of the molecule is CCC1(CC)CN(CCS(=O)(=O)CC)C(C)(C2CC2)CN1. The molecule has 2 aliphatic rings. The molecule has 2 rings (SSSR count). The first-order valence-electron chi connectivity index (χ1n) is 8.51. The molecule has 21 heavy (non-hydrogen) atoms. The van der Waals surface area contributed by atoms with Gasteiger partial charge in [0, 0.05) is 36.5 Å². The first-order chi connectivity index (χ1) is 9.81. The molecule has 1 aliphatic heterocycles. The van der Waals surface area contributed by atoms with Crippen molar-refractivity contribution in [3.63, 3.8) is 0 Å². The third kappa shape index (κ3) is 3.62. The summed E-state index contributed by atoms with van der Waals surface area (Å²) in [6.07, 6.45) is 4.78. The Balaban J connectivity index is 2.13. The number of nitrogens with zero attached hydrogens (tertiary/aromatic N) is 1. The molecular formula is C16H32N2O2S. The van der Waals surface area contributed by atoms with Crippen LogP contribution in [0.1, 0.15) is 53.4 Å². The van der Waals surface area contributed by atoms with E-state index in [1.54, 1.807) is 6.92 Å². The largest absolute Gasteiger partial charge is 0.308 e. The van der Waals surface area contributed by atoms with Crippen LogP contribution in [0.25, 0.3) is 0 Å². The van der Waals surface area contributed by atoms with E-state index in [0.717, 1.165) is 31.8 Å². The standard InChI is InChI=1S/C16H32N2O2S/c1-5-16(6-2)13-18(10-11-21(19,20)7-3)15(4,12-17-16)14-8-9-14/h14,17H,5-13H2,1-4H3. The molecule has 1 saturated heterocycles. The highest BCUT2D eigenvalue weighted by Gasteiger charge is 2.50. The lowest BCUT2D eigenvalue weighted by Crippen LogP contribution is -2.70. The Morgan fingerprint density at radius 1 is 1.19 bits per heavy atom. The minimum atomic E-state index is -2.89. The fourth-order valence-corrected chi connectivity index (χ4v) is 4.43. The Morgan fingerprint density at radius 3 is 2.29 bits per heavy atom. The van der Waals surface area contributed by atoms with Crippen molar-refractivity contribution < 1.29 is 8.42 Å². The smallest absolute Gasteiger partial charge is 0.151 e. The van der Waals surface area contributed by atoms with Gasteiger partial charge in [-0.25, -0.2) is 8.42 Å². The quantitative estimate of drug-likeness (QED) is 0.781. The van der Waals surface area contributed by atoms with Crippen molar-refractivity contribution in [1.82, 2.24) is 10.2 Å². The zero-order valence-corrected chi connectivity index (χ0v) is 14.9. The minimum Gasteiger partial charge on any atom is -0.308 e. The van der Waals surface area contributed by atoms with Crippen molar-refractivity contribution >= 4 is 9.84 Å². The van der Waals surface area contributed by atoms with Crippen molar-refractivity contribution in [3.8, 4) is 0 Å². The van der Waals surface area contributed by atoms with E-state index < -0.39 is 9.84 Å². The molecule has 1 aliphatic carbocycles. The minimum absolute atomic E-state index is 0.136. The van der Waals surface area contributed by atoms with Crippen molar-refractivity contribution in [2.45, 2.75) is 64.5 Å². The average molecular weight is 317 g/mol. The summed E-state index contributed by atoms with van der Waals surface area (Å²) in [5, 5.41) is 3.79. The molecule has 1 heterocycles. The molecule has 0 amide bonds. The van der Waals surface area contributed by atoms with Gasteiger partial charge in [-0.3, -0.25) is 4.90 Å². The molecule has 0 radical (unpaired) electrons. The van der Waals surface area contributed by atoms with E-state index in [1.165, 1.54) is 12.8 Å². The van der Waals surface area contributed by atoms with Gasteiger partial charge >= 0.3 is 0 Å². The van der Waals surface area contributed by atoms with Gasteiger partial charge in [0.2, 0.25) is 0 Å². The van der Waals surface area contributed by atoms with E-state index in [9.17, 15) is 8.42 Å². The van der Waals surface area contributed by atoms with Gasteiger partial charge in [0.1, 0.15) is 0 Å². The molecule has 1 saturated carbocycles. The van der Waals surface area contributed by atoms with E-state index in [1.807, 2.05) is 0 Å². The van der Waals surface area contributed by atoms with E-state index in [2.05, 4.69) is 31.0 Å². The van der Waals surface area contributed by atoms with Crippen LogP contribution in [0.2, 0.25) is 0 Å². The summed E-state index contributed by atoms with van der Waals surface area (Å²) in [6, 6.07) is 0.